The summed E-state index contributed by atoms with van der Waals surface area (Å²) >= 11 is 12.0. The van der Waals surface area contributed by atoms with Crippen LogP contribution in [0.3, 0.4) is 0 Å². The van der Waals surface area contributed by atoms with Crippen LogP contribution in [0.4, 0.5) is 0 Å². The van der Waals surface area contributed by atoms with Gasteiger partial charge in [0.05, 0.1) is 5.02 Å². The second kappa shape index (κ2) is 7.64. The lowest BCUT2D eigenvalue weighted by Gasteiger charge is -2.17. The van der Waals surface area contributed by atoms with Crippen molar-refractivity contribution in [1.82, 2.24) is 10.3 Å². The smallest absolute Gasteiger partial charge is 0.224 e. The van der Waals surface area contributed by atoms with E-state index in [0.717, 1.165) is 18.5 Å². The van der Waals surface area contributed by atoms with Crippen LogP contribution in [0.2, 0.25) is 10.0 Å². The van der Waals surface area contributed by atoms with E-state index in [-0.39, 0.29) is 6.04 Å². The topological polar surface area (TPSA) is 34.2 Å². The van der Waals surface area contributed by atoms with Crippen molar-refractivity contribution in [2.75, 3.05) is 6.54 Å². The third kappa shape index (κ3) is 4.34. The minimum Gasteiger partial charge on any atom is -0.437 e. The molecule has 1 heterocycles. The average Bonchev–Trinajstić information content (AvgIpc) is 2.48. The largest absolute Gasteiger partial charge is 0.437 e. The highest BCUT2D eigenvalue weighted by Crippen LogP contribution is 2.33. The van der Waals surface area contributed by atoms with Gasteiger partial charge in [0.1, 0.15) is 5.75 Å². The highest BCUT2D eigenvalue weighted by molar-refractivity contribution is 6.35. The van der Waals surface area contributed by atoms with Crippen LogP contribution in [0.1, 0.15) is 31.9 Å². The molecule has 0 aliphatic heterocycles. The van der Waals surface area contributed by atoms with Crippen molar-refractivity contribution in [1.29, 1.82) is 0 Å². The summed E-state index contributed by atoms with van der Waals surface area (Å²) in [6, 6.07) is 9.19. The Morgan fingerprint density at radius 3 is 2.81 bits per heavy atom. The fourth-order valence-corrected chi connectivity index (χ4v) is 2.40. The van der Waals surface area contributed by atoms with Gasteiger partial charge in [-0.2, -0.15) is 0 Å². The van der Waals surface area contributed by atoms with Gasteiger partial charge in [0.15, 0.2) is 0 Å². The van der Waals surface area contributed by atoms with E-state index in [1.54, 1.807) is 24.4 Å². The summed E-state index contributed by atoms with van der Waals surface area (Å²) in [6.07, 6.45) is 2.78. The number of aromatic nitrogens is 1. The first-order valence-corrected chi connectivity index (χ1v) is 7.68. The molecular weight excluding hydrogens is 307 g/mol. The molecule has 1 aromatic carbocycles. The Morgan fingerprint density at radius 2 is 2.10 bits per heavy atom. The fraction of sp³-hybridized carbons (Fsp3) is 0.312. The highest BCUT2D eigenvalue weighted by atomic mass is 35.5. The maximum Gasteiger partial charge on any atom is 0.224 e. The Balaban J connectivity index is 2.23. The van der Waals surface area contributed by atoms with Gasteiger partial charge in [0, 0.05) is 22.8 Å². The lowest BCUT2D eigenvalue weighted by molar-refractivity contribution is 0.442. The monoisotopic (exact) mass is 324 g/mol. The zero-order valence-electron chi connectivity index (χ0n) is 12.1. The minimum absolute atomic E-state index is 0.153. The Hall–Kier alpha value is -1.29. The van der Waals surface area contributed by atoms with E-state index in [0.29, 0.717) is 21.7 Å². The minimum atomic E-state index is 0.153. The lowest BCUT2D eigenvalue weighted by atomic mass is 10.1. The van der Waals surface area contributed by atoms with Crippen LogP contribution in [-0.4, -0.2) is 11.5 Å². The van der Waals surface area contributed by atoms with Gasteiger partial charge < -0.3 is 10.1 Å². The van der Waals surface area contributed by atoms with Gasteiger partial charge in [-0.05, 0) is 44.2 Å². The summed E-state index contributed by atoms with van der Waals surface area (Å²) in [4.78, 5) is 4.31. The molecule has 21 heavy (non-hydrogen) atoms. The van der Waals surface area contributed by atoms with E-state index in [1.165, 1.54) is 0 Å². The van der Waals surface area contributed by atoms with Crippen LogP contribution in [0.15, 0.2) is 36.5 Å². The van der Waals surface area contributed by atoms with Gasteiger partial charge in [-0.25, -0.2) is 4.98 Å². The third-order valence-electron chi connectivity index (χ3n) is 3.07. The lowest BCUT2D eigenvalue weighted by Crippen LogP contribution is -2.20. The highest BCUT2D eigenvalue weighted by Gasteiger charge is 2.14. The fourth-order valence-electron chi connectivity index (χ4n) is 1.95. The van der Waals surface area contributed by atoms with Crippen molar-refractivity contribution in [3.8, 4) is 11.6 Å². The van der Waals surface area contributed by atoms with Crippen LogP contribution >= 0.6 is 23.2 Å². The standard InChI is InChI=1S/C16H18Cl2N2O/c1-3-8-19-11(2)13-5-4-9-20-16(13)21-15-7-6-12(17)10-14(15)18/h4-7,9-11,19H,3,8H2,1-2H3. The molecule has 112 valence electrons. The van der Waals surface area contributed by atoms with Crippen LogP contribution in [-0.2, 0) is 0 Å². The maximum absolute atomic E-state index is 6.14. The van der Waals surface area contributed by atoms with E-state index >= 15 is 0 Å². The summed E-state index contributed by atoms with van der Waals surface area (Å²) in [5, 5.41) is 4.47. The number of hydrogen-bond donors (Lipinski definition) is 1. The van der Waals surface area contributed by atoms with E-state index in [2.05, 4.69) is 24.1 Å². The molecular formula is C16H18Cl2N2O. The molecule has 0 radical (unpaired) electrons. The van der Waals surface area contributed by atoms with Gasteiger partial charge in [-0.1, -0.05) is 36.2 Å². The molecule has 0 bridgehead atoms. The molecule has 0 aliphatic carbocycles. The molecule has 0 fully saturated rings. The Bertz CT molecular complexity index is 605. The zero-order valence-corrected chi connectivity index (χ0v) is 13.6. The molecule has 0 saturated carbocycles. The number of benzene rings is 1. The molecule has 3 nitrogen and oxygen atoms in total. The molecule has 1 atom stereocenters. The number of nitrogens with one attached hydrogen (secondary N) is 1. The number of pyridine rings is 1. The maximum atomic E-state index is 6.14. The number of nitrogens with zero attached hydrogens (tertiary/aromatic N) is 1. The molecule has 1 aromatic heterocycles. The molecule has 2 rings (SSSR count). The molecule has 1 N–H and O–H groups in total. The summed E-state index contributed by atoms with van der Waals surface area (Å²) in [5.74, 6) is 1.10. The van der Waals surface area contributed by atoms with Gasteiger partial charge in [0.2, 0.25) is 5.88 Å². The number of hydrogen-bond acceptors (Lipinski definition) is 3. The van der Waals surface area contributed by atoms with Crippen molar-refractivity contribution >= 4 is 23.2 Å². The van der Waals surface area contributed by atoms with Gasteiger partial charge in [-0.15, -0.1) is 0 Å². The summed E-state index contributed by atoms with van der Waals surface area (Å²) < 4.78 is 5.85. The van der Waals surface area contributed by atoms with Crippen LogP contribution in [0.5, 0.6) is 11.6 Å². The predicted molar refractivity (Wildman–Crippen MR) is 87.5 cm³/mol. The second-order valence-electron chi connectivity index (χ2n) is 4.75. The molecule has 0 aliphatic rings. The van der Waals surface area contributed by atoms with Crippen molar-refractivity contribution in [2.45, 2.75) is 26.3 Å². The Morgan fingerprint density at radius 1 is 1.29 bits per heavy atom. The van der Waals surface area contributed by atoms with Crippen LogP contribution < -0.4 is 10.1 Å². The molecule has 0 spiro atoms. The van der Waals surface area contributed by atoms with Gasteiger partial charge in [0.25, 0.3) is 0 Å². The number of rotatable bonds is 6. The average molecular weight is 325 g/mol. The SMILES string of the molecule is CCCNC(C)c1cccnc1Oc1ccc(Cl)cc1Cl. The van der Waals surface area contributed by atoms with E-state index in [9.17, 15) is 0 Å². The summed E-state index contributed by atoms with van der Waals surface area (Å²) in [5.41, 5.74) is 0.997. The first-order valence-electron chi connectivity index (χ1n) is 6.93. The quantitative estimate of drug-likeness (QED) is 0.788. The van der Waals surface area contributed by atoms with E-state index in [1.807, 2.05) is 12.1 Å². The Kier molecular flexibility index (Phi) is 5.85. The molecule has 1 unspecified atom stereocenters. The molecule has 2 aromatic rings. The van der Waals surface area contributed by atoms with Gasteiger partial charge >= 0.3 is 0 Å². The second-order valence-corrected chi connectivity index (χ2v) is 5.59. The number of ether oxygens (including phenoxy) is 1. The first-order chi connectivity index (χ1) is 10.1. The normalized spacial score (nSPS) is 12.2. The Labute approximate surface area is 135 Å². The first kappa shape index (κ1) is 16.1. The van der Waals surface area contributed by atoms with Crippen molar-refractivity contribution in [3.05, 3.63) is 52.1 Å². The number of halogens is 2. The molecule has 0 amide bonds. The predicted octanol–water partition coefficient (Wildman–Crippen LogP) is 5.24. The molecule has 0 saturated heterocycles. The summed E-state index contributed by atoms with van der Waals surface area (Å²) in [6.45, 7) is 5.16. The zero-order chi connectivity index (χ0) is 15.2. The van der Waals surface area contributed by atoms with E-state index in [4.69, 9.17) is 27.9 Å². The van der Waals surface area contributed by atoms with E-state index < -0.39 is 0 Å². The van der Waals surface area contributed by atoms with Crippen molar-refractivity contribution < 1.29 is 4.74 Å². The van der Waals surface area contributed by atoms with Crippen LogP contribution in [0.25, 0.3) is 0 Å². The van der Waals surface area contributed by atoms with Crippen molar-refractivity contribution in [2.24, 2.45) is 0 Å². The van der Waals surface area contributed by atoms with Crippen molar-refractivity contribution in [3.63, 3.8) is 0 Å². The van der Waals surface area contributed by atoms with Gasteiger partial charge in [-0.3, -0.25) is 0 Å². The third-order valence-corrected chi connectivity index (χ3v) is 3.60. The molecule has 5 heteroatoms. The summed E-state index contributed by atoms with van der Waals surface area (Å²) in [7, 11) is 0. The van der Waals surface area contributed by atoms with Crippen LogP contribution in [0, 0.1) is 0 Å².